The van der Waals surface area contributed by atoms with Crippen molar-refractivity contribution in [1.82, 2.24) is 15.0 Å². The number of nitrogens with zero attached hydrogens (tertiary/aromatic N) is 3. The van der Waals surface area contributed by atoms with Crippen LogP contribution in [-0.4, -0.2) is 19.9 Å². The molecule has 5 aromatic rings. The molecule has 6 nitrogen and oxygen atoms in total. The van der Waals surface area contributed by atoms with Gasteiger partial charge in [-0.15, -0.1) is 0 Å². The van der Waals surface area contributed by atoms with Gasteiger partial charge in [-0.2, -0.15) is 0 Å². The molecule has 1 N–H and O–H groups in total. The summed E-state index contributed by atoms with van der Waals surface area (Å²) in [5.74, 6) is 0. The molecule has 0 saturated carbocycles. The van der Waals surface area contributed by atoms with Crippen molar-refractivity contribution in [3.05, 3.63) is 89.0 Å². The topological polar surface area (TPSA) is 84.7 Å². The van der Waals surface area contributed by atoms with Gasteiger partial charge in [0.2, 0.25) is 0 Å². The van der Waals surface area contributed by atoms with Gasteiger partial charge in [0.25, 0.3) is 5.69 Å². The first-order chi connectivity index (χ1) is 13.7. The van der Waals surface area contributed by atoms with Crippen LogP contribution >= 0.6 is 0 Å². The summed E-state index contributed by atoms with van der Waals surface area (Å²) in [6.07, 6.45) is 0. The van der Waals surface area contributed by atoms with E-state index < -0.39 is 4.92 Å². The van der Waals surface area contributed by atoms with Crippen LogP contribution in [0.4, 0.5) is 5.69 Å². The number of aromatic amines is 1. The number of para-hydroxylation sites is 2. The van der Waals surface area contributed by atoms with E-state index in [0.717, 1.165) is 38.9 Å². The molecule has 0 aliphatic rings. The molecule has 0 amide bonds. The predicted octanol–water partition coefficient (Wildman–Crippen LogP) is 5.35. The van der Waals surface area contributed by atoms with Crippen LogP contribution in [0.2, 0.25) is 0 Å². The van der Waals surface area contributed by atoms with E-state index in [0.29, 0.717) is 5.65 Å². The molecule has 0 aliphatic heterocycles. The van der Waals surface area contributed by atoms with E-state index >= 15 is 0 Å². The standard InChI is InChI=1S/C22H14N4O2/c27-26(28)16-12-10-14(11-13-16)19-20(15-6-2-1-3-7-15)25-22-21(19)23-17-8-4-5-9-18(17)24-22/h1-13H,(H,24,25). The molecule has 0 saturated heterocycles. The van der Waals surface area contributed by atoms with Crippen LogP contribution in [-0.2, 0) is 0 Å². The summed E-state index contributed by atoms with van der Waals surface area (Å²) in [6.45, 7) is 0. The number of nitro benzene ring substituents is 1. The summed E-state index contributed by atoms with van der Waals surface area (Å²) in [6, 6.07) is 24.2. The Morgan fingerprint density at radius 2 is 1.39 bits per heavy atom. The Balaban J connectivity index is 1.83. The largest absolute Gasteiger partial charge is 0.337 e. The van der Waals surface area contributed by atoms with Crippen LogP contribution in [0.5, 0.6) is 0 Å². The Morgan fingerprint density at radius 3 is 2.07 bits per heavy atom. The van der Waals surface area contributed by atoms with Crippen molar-refractivity contribution >= 4 is 27.9 Å². The smallest absolute Gasteiger partial charge is 0.269 e. The number of nitrogens with one attached hydrogen (secondary N) is 1. The van der Waals surface area contributed by atoms with Gasteiger partial charge in [-0.25, -0.2) is 9.97 Å². The lowest BCUT2D eigenvalue weighted by atomic mass is 10.0. The third-order valence-corrected chi connectivity index (χ3v) is 4.73. The van der Waals surface area contributed by atoms with Crippen LogP contribution in [0.15, 0.2) is 78.9 Å². The highest BCUT2D eigenvalue weighted by Gasteiger charge is 2.18. The van der Waals surface area contributed by atoms with Crippen molar-refractivity contribution in [3.8, 4) is 22.4 Å². The quantitative estimate of drug-likeness (QED) is 0.344. The van der Waals surface area contributed by atoms with E-state index in [1.807, 2.05) is 54.6 Å². The molecule has 0 aliphatic carbocycles. The first-order valence-corrected chi connectivity index (χ1v) is 8.79. The Kier molecular flexibility index (Phi) is 3.62. The lowest BCUT2D eigenvalue weighted by Crippen LogP contribution is -1.89. The van der Waals surface area contributed by atoms with E-state index in [4.69, 9.17) is 9.97 Å². The monoisotopic (exact) mass is 366 g/mol. The zero-order chi connectivity index (χ0) is 19.1. The van der Waals surface area contributed by atoms with E-state index in [2.05, 4.69) is 4.98 Å². The number of H-pyrrole nitrogens is 1. The van der Waals surface area contributed by atoms with Crippen LogP contribution in [0.25, 0.3) is 44.6 Å². The number of nitro groups is 1. The van der Waals surface area contributed by atoms with Gasteiger partial charge in [-0.3, -0.25) is 10.1 Å². The molecule has 134 valence electrons. The zero-order valence-corrected chi connectivity index (χ0v) is 14.7. The van der Waals surface area contributed by atoms with Crippen molar-refractivity contribution in [2.45, 2.75) is 0 Å². The lowest BCUT2D eigenvalue weighted by molar-refractivity contribution is -0.384. The highest BCUT2D eigenvalue weighted by atomic mass is 16.6. The minimum atomic E-state index is -0.398. The first kappa shape index (κ1) is 16.1. The van der Waals surface area contributed by atoms with Gasteiger partial charge in [0.05, 0.1) is 21.7 Å². The molecule has 6 heteroatoms. The third-order valence-electron chi connectivity index (χ3n) is 4.73. The molecule has 2 aromatic heterocycles. The van der Waals surface area contributed by atoms with Gasteiger partial charge in [0.15, 0.2) is 5.65 Å². The maximum atomic E-state index is 11.0. The average molecular weight is 366 g/mol. The number of benzene rings is 3. The van der Waals surface area contributed by atoms with Crippen molar-refractivity contribution in [2.24, 2.45) is 0 Å². The number of aromatic nitrogens is 3. The fourth-order valence-corrected chi connectivity index (χ4v) is 3.41. The summed E-state index contributed by atoms with van der Waals surface area (Å²) in [7, 11) is 0. The zero-order valence-electron chi connectivity index (χ0n) is 14.7. The maximum absolute atomic E-state index is 11.0. The Labute approximate surface area is 159 Å². The Hall–Kier alpha value is -4.06. The van der Waals surface area contributed by atoms with Crippen LogP contribution in [0, 0.1) is 10.1 Å². The van der Waals surface area contributed by atoms with E-state index in [1.165, 1.54) is 12.1 Å². The number of hydrogen-bond donors (Lipinski definition) is 1. The van der Waals surface area contributed by atoms with Crippen LogP contribution in [0.3, 0.4) is 0 Å². The maximum Gasteiger partial charge on any atom is 0.269 e. The second kappa shape index (κ2) is 6.28. The Bertz CT molecular complexity index is 1330. The number of hydrogen-bond acceptors (Lipinski definition) is 4. The molecule has 0 radical (unpaired) electrons. The molecule has 5 rings (SSSR count). The molecular formula is C22H14N4O2. The molecule has 0 fully saturated rings. The van der Waals surface area contributed by atoms with Crippen molar-refractivity contribution < 1.29 is 4.92 Å². The Morgan fingerprint density at radius 1 is 0.750 bits per heavy atom. The molecule has 2 heterocycles. The fourth-order valence-electron chi connectivity index (χ4n) is 3.41. The molecule has 0 unspecified atom stereocenters. The summed E-state index contributed by atoms with van der Waals surface area (Å²) in [5.41, 5.74) is 6.72. The van der Waals surface area contributed by atoms with Gasteiger partial charge in [-0.05, 0) is 35.4 Å². The van der Waals surface area contributed by atoms with E-state index in [9.17, 15) is 10.1 Å². The minimum Gasteiger partial charge on any atom is -0.337 e. The molecular weight excluding hydrogens is 352 g/mol. The summed E-state index contributed by atoms with van der Waals surface area (Å²) in [5, 5.41) is 11.0. The predicted molar refractivity (Wildman–Crippen MR) is 109 cm³/mol. The second-order valence-electron chi connectivity index (χ2n) is 6.45. The van der Waals surface area contributed by atoms with Gasteiger partial charge < -0.3 is 4.98 Å². The summed E-state index contributed by atoms with van der Waals surface area (Å²) < 4.78 is 0. The normalized spacial score (nSPS) is 11.1. The third kappa shape index (κ3) is 2.59. The van der Waals surface area contributed by atoms with Crippen LogP contribution in [0.1, 0.15) is 0 Å². The van der Waals surface area contributed by atoms with Gasteiger partial charge in [0.1, 0.15) is 5.52 Å². The average Bonchev–Trinajstić information content (AvgIpc) is 3.11. The highest BCUT2D eigenvalue weighted by Crippen LogP contribution is 2.38. The number of non-ortho nitro benzene ring substituents is 1. The van der Waals surface area contributed by atoms with E-state index in [1.54, 1.807) is 12.1 Å². The molecule has 0 atom stereocenters. The lowest BCUT2D eigenvalue weighted by Gasteiger charge is -2.05. The van der Waals surface area contributed by atoms with Gasteiger partial charge in [0, 0.05) is 17.7 Å². The van der Waals surface area contributed by atoms with Gasteiger partial charge >= 0.3 is 0 Å². The number of rotatable bonds is 3. The SMILES string of the molecule is O=[N+]([O-])c1ccc(-c2c(-c3ccccc3)[nH]c3nc4ccccc4nc23)cc1. The van der Waals surface area contributed by atoms with Crippen molar-refractivity contribution in [2.75, 3.05) is 0 Å². The van der Waals surface area contributed by atoms with Gasteiger partial charge in [-0.1, -0.05) is 42.5 Å². The summed E-state index contributed by atoms with van der Waals surface area (Å²) in [4.78, 5) is 23.6. The highest BCUT2D eigenvalue weighted by molar-refractivity contribution is 6.02. The molecule has 28 heavy (non-hydrogen) atoms. The van der Waals surface area contributed by atoms with Crippen molar-refractivity contribution in [3.63, 3.8) is 0 Å². The van der Waals surface area contributed by atoms with Crippen LogP contribution < -0.4 is 0 Å². The number of fused-ring (bicyclic) bond motifs is 2. The van der Waals surface area contributed by atoms with Crippen molar-refractivity contribution in [1.29, 1.82) is 0 Å². The fraction of sp³-hybridized carbons (Fsp3) is 0. The van der Waals surface area contributed by atoms with E-state index in [-0.39, 0.29) is 5.69 Å². The molecule has 3 aromatic carbocycles. The minimum absolute atomic E-state index is 0.0568. The molecule has 0 spiro atoms. The molecule has 0 bridgehead atoms. The summed E-state index contributed by atoms with van der Waals surface area (Å²) >= 11 is 0. The second-order valence-corrected chi connectivity index (χ2v) is 6.45. The first-order valence-electron chi connectivity index (χ1n) is 8.79.